The van der Waals surface area contributed by atoms with E-state index in [0.29, 0.717) is 23.5 Å². The number of ketones is 1. The Balaban J connectivity index is 0.000000271. The molecule has 0 spiro atoms. The summed E-state index contributed by atoms with van der Waals surface area (Å²) < 4.78 is 0. The van der Waals surface area contributed by atoms with Gasteiger partial charge < -0.3 is 0 Å². The van der Waals surface area contributed by atoms with Gasteiger partial charge in [0.2, 0.25) is 0 Å². The van der Waals surface area contributed by atoms with Gasteiger partial charge in [-0.15, -0.1) is 0 Å². The van der Waals surface area contributed by atoms with Crippen LogP contribution < -0.4 is 0 Å². The van der Waals surface area contributed by atoms with E-state index >= 15 is 0 Å². The third-order valence-electron chi connectivity index (χ3n) is 6.24. The minimum atomic E-state index is 0.186. The van der Waals surface area contributed by atoms with Gasteiger partial charge in [0, 0.05) is 5.92 Å². The average molecular weight is 345 g/mol. The van der Waals surface area contributed by atoms with Crippen LogP contribution in [0.5, 0.6) is 0 Å². The Bertz CT molecular complexity index is 484. The van der Waals surface area contributed by atoms with Crippen LogP contribution in [0.4, 0.5) is 0 Å². The van der Waals surface area contributed by atoms with Crippen molar-refractivity contribution in [1.82, 2.24) is 0 Å². The zero-order valence-corrected chi connectivity index (χ0v) is 17.5. The summed E-state index contributed by atoms with van der Waals surface area (Å²) >= 11 is 0. The summed E-state index contributed by atoms with van der Waals surface area (Å²) in [5, 5.41) is 0. The summed E-state index contributed by atoms with van der Waals surface area (Å²) in [7, 11) is 0. The van der Waals surface area contributed by atoms with E-state index in [0.717, 1.165) is 24.2 Å². The molecule has 0 N–H and O–H groups in total. The van der Waals surface area contributed by atoms with Gasteiger partial charge in [-0.3, -0.25) is 4.79 Å². The first-order valence-electron chi connectivity index (χ1n) is 10.4. The van der Waals surface area contributed by atoms with E-state index in [-0.39, 0.29) is 5.92 Å². The average Bonchev–Trinajstić information content (AvgIpc) is 2.59. The van der Waals surface area contributed by atoms with Crippen LogP contribution in [0, 0.1) is 41.4 Å². The molecule has 0 aromatic heterocycles. The second kappa shape index (κ2) is 10.8. The van der Waals surface area contributed by atoms with Gasteiger partial charge >= 0.3 is 0 Å². The molecule has 142 valence electrons. The van der Waals surface area contributed by atoms with E-state index in [2.05, 4.69) is 65.8 Å². The molecule has 0 saturated carbocycles. The number of carbonyl (C=O) groups excluding carboxylic acids is 1. The lowest BCUT2D eigenvalue weighted by Crippen LogP contribution is -2.34. The Morgan fingerprint density at radius 2 is 1.52 bits per heavy atom. The molecule has 7 unspecified atom stereocenters. The smallest absolute Gasteiger partial charge is 0.159 e. The van der Waals surface area contributed by atoms with Crippen molar-refractivity contribution in [1.29, 1.82) is 0 Å². The molecule has 0 heterocycles. The van der Waals surface area contributed by atoms with E-state index < -0.39 is 0 Å². The third-order valence-corrected chi connectivity index (χ3v) is 6.24. The van der Waals surface area contributed by atoms with Crippen molar-refractivity contribution in [3.63, 3.8) is 0 Å². The molecule has 1 nitrogen and oxygen atoms in total. The molecule has 2 aliphatic carbocycles. The van der Waals surface area contributed by atoms with Crippen LogP contribution in [0.1, 0.15) is 67.7 Å². The summed E-state index contributed by atoms with van der Waals surface area (Å²) in [5.74, 6) is 4.50. The minimum absolute atomic E-state index is 0.186. The van der Waals surface area contributed by atoms with Gasteiger partial charge in [0.05, 0.1) is 0 Å². The van der Waals surface area contributed by atoms with Gasteiger partial charge in [-0.1, -0.05) is 84.8 Å². The van der Waals surface area contributed by atoms with Gasteiger partial charge in [0.1, 0.15) is 0 Å². The maximum Gasteiger partial charge on any atom is 0.159 e. The molecule has 0 bridgehead atoms. The Morgan fingerprint density at radius 3 is 2.04 bits per heavy atom. The Hall–Kier alpha value is -1.11. The highest BCUT2D eigenvalue weighted by Crippen LogP contribution is 2.36. The molecule has 7 atom stereocenters. The Kier molecular flexibility index (Phi) is 9.46. The van der Waals surface area contributed by atoms with Gasteiger partial charge in [-0.2, -0.15) is 0 Å². The lowest BCUT2D eigenvalue weighted by molar-refractivity contribution is -0.121. The van der Waals surface area contributed by atoms with Crippen molar-refractivity contribution < 1.29 is 4.79 Å². The largest absolute Gasteiger partial charge is 0.295 e. The lowest BCUT2D eigenvalue weighted by Gasteiger charge is -2.35. The SMILES string of the molecule is C/C=C/C(=O)C1C(C)C=CC(C)C1CC.CCC1CC(C)C=CC1C. The minimum Gasteiger partial charge on any atom is -0.295 e. The van der Waals surface area contributed by atoms with Crippen LogP contribution in [0.15, 0.2) is 36.5 Å². The van der Waals surface area contributed by atoms with Crippen LogP contribution in [0.3, 0.4) is 0 Å². The van der Waals surface area contributed by atoms with E-state index in [4.69, 9.17) is 0 Å². The number of allylic oxidation sites excluding steroid dienone is 6. The van der Waals surface area contributed by atoms with E-state index in [9.17, 15) is 4.79 Å². The molecule has 0 aliphatic heterocycles. The molecule has 25 heavy (non-hydrogen) atoms. The van der Waals surface area contributed by atoms with E-state index in [1.807, 2.05) is 13.0 Å². The molecule has 2 aliphatic rings. The van der Waals surface area contributed by atoms with E-state index in [1.54, 1.807) is 6.08 Å². The molecule has 0 saturated heterocycles. The standard InChI is InChI=1S/C14H22O.C10H18/c1-5-7-13(15)14-11(4)9-8-10(3)12(14)6-2;1-4-10-7-8(2)5-6-9(10)3/h5,7-12,14H,6H2,1-4H3;5-6,8-10H,4,7H2,1-3H3/b7-5+;. The van der Waals surface area contributed by atoms with Crippen molar-refractivity contribution in [3.8, 4) is 0 Å². The number of hydrogen-bond donors (Lipinski definition) is 0. The first kappa shape index (κ1) is 21.9. The van der Waals surface area contributed by atoms with Crippen molar-refractivity contribution >= 4 is 5.78 Å². The maximum atomic E-state index is 12.0. The Morgan fingerprint density at radius 1 is 0.920 bits per heavy atom. The maximum absolute atomic E-state index is 12.0. The van der Waals surface area contributed by atoms with Crippen LogP contribution in [0.2, 0.25) is 0 Å². The molecule has 0 amide bonds. The lowest BCUT2D eigenvalue weighted by atomic mass is 9.68. The van der Waals surface area contributed by atoms with Crippen LogP contribution in [0.25, 0.3) is 0 Å². The molecular weight excluding hydrogens is 304 g/mol. The van der Waals surface area contributed by atoms with Crippen molar-refractivity contribution in [3.05, 3.63) is 36.5 Å². The van der Waals surface area contributed by atoms with Crippen LogP contribution >= 0.6 is 0 Å². The molecular formula is C24H40O. The molecule has 0 fully saturated rings. The third kappa shape index (κ3) is 6.28. The number of carbonyl (C=O) groups is 1. The highest BCUT2D eigenvalue weighted by Gasteiger charge is 2.34. The number of hydrogen-bond acceptors (Lipinski definition) is 1. The first-order valence-corrected chi connectivity index (χ1v) is 10.4. The molecule has 1 heteroatoms. The van der Waals surface area contributed by atoms with E-state index in [1.165, 1.54) is 12.8 Å². The molecule has 0 aromatic rings. The topological polar surface area (TPSA) is 17.1 Å². The summed E-state index contributed by atoms with van der Waals surface area (Å²) in [6.07, 6.45) is 16.6. The van der Waals surface area contributed by atoms with Crippen molar-refractivity contribution in [2.75, 3.05) is 0 Å². The fourth-order valence-electron chi connectivity index (χ4n) is 4.53. The summed E-state index contributed by atoms with van der Waals surface area (Å²) in [6, 6.07) is 0. The first-order chi connectivity index (χ1) is 11.8. The molecule has 0 aromatic carbocycles. The highest BCUT2D eigenvalue weighted by atomic mass is 16.1. The second-order valence-corrected chi connectivity index (χ2v) is 8.23. The predicted molar refractivity (Wildman–Crippen MR) is 110 cm³/mol. The summed E-state index contributed by atoms with van der Waals surface area (Å²) in [4.78, 5) is 12.0. The van der Waals surface area contributed by atoms with Crippen LogP contribution in [-0.2, 0) is 4.79 Å². The number of rotatable bonds is 4. The normalized spacial score (nSPS) is 37.6. The highest BCUT2D eigenvalue weighted by molar-refractivity contribution is 5.92. The van der Waals surface area contributed by atoms with Gasteiger partial charge in [0.15, 0.2) is 5.78 Å². The van der Waals surface area contributed by atoms with Gasteiger partial charge in [-0.25, -0.2) is 0 Å². The molecule has 2 rings (SSSR count). The zero-order valence-electron chi connectivity index (χ0n) is 17.5. The van der Waals surface area contributed by atoms with Gasteiger partial charge in [-0.05, 0) is 54.9 Å². The summed E-state index contributed by atoms with van der Waals surface area (Å²) in [6.45, 7) is 15.4. The Labute approximate surface area is 156 Å². The second-order valence-electron chi connectivity index (χ2n) is 8.23. The quantitative estimate of drug-likeness (QED) is 0.402. The van der Waals surface area contributed by atoms with Crippen molar-refractivity contribution in [2.45, 2.75) is 67.7 Å². The van der Waals surface area contributed by atoms with Gasteiger partial charge in [0.25, 0.3) is 0 Å². The fourth-order valence-corrected chi connectivity index (χ4v) is 4.53. The monoisotopic (exact) mass is 344 g/mol. The predicted octanol–water partition coefficient (Wildman–Crippen LogP) is 6.86. The van der Waals surface area contributed by atoms with Crippen molar-refractivity contribution in [2.24, 2.45) is 41.4 Å². The zero-order chi connectivity index (χ0) is 19.0. The fraction of sp³-hybridized carbons (Fsp3) is 0.708. The van der Waals surface area contributed by atoms with Crippen LogP contribution in [-0.4, -0.2) is 5.78 Å². The summed E-state index contributed by atoms with van der Waals surface area (Å²) in [5.41, 5.74) is 0. The molecule has 0 radical (unpaired) electrons.